The fraction of sp³-hybridized carbons (Fsp3) is 0.0833. The molecule has 2 rings (SSSR count). The molecule has 0 fully saturated rings. The molecule has 0 saturated carbocycles. The highest BCUT2D eigenvalue weighted by molar-refractivity contribution is 6.31. The predicted octanol–water partition coefficient (Wildman–Crippen LogP) is 3.08. The molecule has 4 nitrogen and oxygen atoms in total. The van der Waals surface area contributed by atoms with Gasteiger partial charge in [0.15, 0.2) is 11.6 Å². The second-order valence-electron chi connectivity index (χ2n) is 3.57. The molecule has 0 saturated heterocycles. The highest BCUT2D eigenvalue weighted by Gasteiger charge is 2.12. The van der Waals surface area contributed by atoms with Crippen LogP contribution in [-0.2, 0) is 0 Å². The first-order valence-corrected chi connectivity index (χ1v) is 5.37. The number of halogens is 1. The maximum atomic E-state index is 11.8. The minimum Gasteiger partial charge on any atom is -0.436 e. The van der Waals surface area contributed by atoms with Crippen molar-refractivity contribution in [3.63, 3.8) is 0 Å². The minimum absolute atomic E-state index is 0.168. The van der Waals surface area contributed by atoms with Crippen molar-refractivity contribution in [2.24, 2.45) is 0 Å². The second-order valence-corrected chi connectivity index (χ2v) is 3.98. The molecule has 0 bridgehead atoms. The molecule has 0 atom stereocenters. The van der Waals surface area contributed by atoms with Crippen LogP contribution in [0.25, 0.3) is 0 Å². The fourth-order valence-electron chi connectivity index (χ4n) is 1.40. The van der Waals surface area contributed by atoms with Crippen LogP contribution in [0.3, 0.4) is 0 Å². The highest BCUT2D eigenvalue weighted by atomic mass is 35.5. The largest absolute Gasteiger partial charge is 0.436 e. The number of hydrogen-bond donors (Lipinski definition) is 2. The van der Waals surface area contributed by atoms with Crippen LogP contribution in [-0.4, -0.2) is 5.91 Å². The number of carbonyl (C=O) groups is 1. The van der Waals surface area contributed by atoms with Gasteiger partial charge in [0.25, 0.3) is 5.91 Å². The topological polar surface area (TPSA) is 68.3 Å². The van der Waals surface area contributed by atoms with E-state index in [0.717, 1.165) is 5.56 Å². The van der Waals surface area contributed by atoms with Crippen LogP contribution < -0.4 is 11.1 Å². The maximum Gasteiger partial charge on any atom is 0.291 e. The Balaban J connectivity index is 2.21. The molecular formula is C12H11ClN2O2. The Morgan fingerprint density at radius 3 is 2.76 bits per heavy atom. The van der Waals surface area contributed by atoms with Crippen LogP contribution in [0.1, 0.15) is 16.1 Å². The molecule has 1 amide bonds. The predicted molar refractivity (Wildman–Crippen MR) is 67.3 cm³/mol. The number of hydrogen-bond acceptors (Lipinski definition) is 3. The molecule has 1 heterocycles. The van der Waals surface area contributed by atoms with Crippen molar-refractivity contribution < 1.29 is 9.21 Å². The summed E-state index contributed by atoms with van der Waals surface area (Å²) in [5.74, 6) is 0.0203. The lowest BCUT2D eigenvalue weighted by Gasteiger charge is -2.07. The summed E-state index contributed by atoms with van der Waals surface area (Å²) in [5.41, 5.74) is 6.85. The Hall–Kier alpha value is -1.94. The normalized spacial score (nSPS) is 10.2. The van der Waals surface area contributed by atoms with Gasteiger partial charge in [0, 0.05) is 16.8 Å². The van der Waals surface area contributed by atoms with Gasteiger partial charge in [-0.2, -0.15) is 0 Å². The third-order valence-electron chi connectivity index (χ3n) is 2.37. The molecule has 0 aliphatic rings. The van der Waals surface area contributed by atoms with Crippen LogP contribution in [0.2, 0.25) is 5.02 Å². The molecule has 1 aromatic heterocycles. The second kappa shape index (κ2) is 4.51. The van der Waals surface area contributed by atoms with Gasteiger partial charge in [0.05, 0.1) is 0 Å². The molecule has 5 heteroatoms. The number of furan rings is 1. The van der Waals surface area contributed by atoms with E-state index in [1.807, 2.05) is 6.92 Å². The third kappa shape index (κ3) is 2.42. The number of anilines is 2. The molecule has 88 valence electrons. The van der Waals surface area contributed by atoms with Crippen molar-refractivity contribution in [3.05, 3.63) is 46.7 Å². The quantitative estimate of drug-likeness (QED) is 0.861. The molecule has 0 aliphatic carbocycles. The summed E-state index contributed by atoms with van der Waals surface area (Å²) in [6, 6.07) is 8.34. The van der Waals surface area contributed by atoms with Crippen LogP contribution in [0.15, 0.2) is 34.7 Å². The van der Waals surface area contributed by atoms with Crippen molar-refractivity contribution in [2.45, 2.75) is 6.92 Å². The first kappa shape index (κ1) is 11.5. The number of carbonyl (C=O) groups excluding carboxylic acids is 1. The van der Waals surface area contributed by atoms with Gasteiger partial charge in [-0.1, -0.05) is 17.7 Å². The first-order valence-electron chi connectivity index (χ1n) is 4.99. The zero-order valence-electron chi connectivity index (χ0n) is 9.16. The zero-order valence-corrected chi connectivity index (χ0v) is 9.91. The van der Waals surface area contributed by atoms with Gasteiger partial charge in [-0.3, -0.25) is 4.79 Å². The Morgan fingerprint density at radius 2 is 2.12 bits per heavy atom. The summed E-state index contributed by atoms with van der Waals surface area (Å²) in [5, 5.41) is 3.31. The number of nitrogens with two attached hydrogens (primary N) is 1. The Bertz CT molecular complexity index is 563. The van der Waals surface area contributed by atoms with E-state index in [1.54, 1.807) is 18.2 Å². The number of amides is 1. The molecule has 1 aromatic carbocycles. The Kier molecular flexibility index (Phi) is 3.06. The van der Waals surface area contributed by atoms with Crippen molar-refractivity contribution in [1.29, 1.82) is 0 Å². The molecule has 2 aromatic rings. The SMILES string of the molecule is Cc1c(Cl)cccc1NC(=O)c1ccc(N)o1. The summed E-state index contributed by atoms with van der Waals surface area (Å²) in [7, 11) is 0. The fourth-order valence-corrected chi connectivity index (χ4v) is 1.58. The lowest BCUT2D eigenvalue weighted by atomic mass is 10.2. The molecule has 17 heavy (non-hydrogen) atoms. The van der Waals surface area contributed by atoms with E-state index in [9.17, 15) is 4.79 Å². The van der Waals surface area contributed by atoms with Crippen molar-refractivity contribution >= 4 is 29.1 Å². The van der Waals surface area contributed by atoms with Crippen LogP contribution in [0.4, 0.5) is 11.6 Å². The standard InChI is InChI=1S/C12H11ClN2O2/c1-7-8(13)3-2-4-9(7)15-12(16)10-5-6-11(14)17-10/h2-6H,14H2,1H3,(H,15,16). The van der Waals surface area contributed by atoms with Crippen LogP contribution in [0, 0.1) is 6.92 Å². The summed E-state index contributed by atoms with van der Waals surface area (Å²) in [6.07, 6.45) is 0. The van der Waals surface area contributed by atoms with E-state index in [2.05, 4.69) is 5.32 Å². The van der Waals surface area contributed by atoms with Gasteiger partial charge in [-0.05, 0) is 30.7 Å². The lowest BCUT2D eigenvalue weighted by Crippen LogP contribution is -2.11. The van der Waals surface area contributed by atoms with E-state index in [-0.39, 0.29) is 17.6 Å². The number of nitrogen functional groups attached to an aromatic ring is 1. The number of rotatable bonds is 2. The molecule has 0 unspecified atom stereocenters. The van der Waals surface area contributed by atoms with Crippen molar-refractivity contribution in [3.8, 4) is 0 Å². The monoisotopic (exact) mass is 250 g/mol. The summed E-state index contributed by atoms with van der Waals surface area (Å²) in [4.78, 5) is 11.8. The third-order valence-corrected chi connectivity index (χ3v) is 2.78. The van der Waals surface area contributed by atoms with E-state index < -0.39 is 0 Å². The van der Waals surface area contributed by atoms with Crippen molar-refractivity contribution in [1.82, 2.24) is 0 Å². The minimum atomic E-state index is -0.355. The van der Waals surface area contributed by atoms with E-state index in [1.165, 1.54) is 12.1 Å². The van der Waals surface area contributed by atoms with E-state index in [4.69, 9.17) is 21.8 Å². The Labute approximate surface area is 103 Å². The summed E-state index contributed by atoms with van der Waals surface area (Å²) in [6.45, 7) is 1.83. The number of nitrogens with one attached hydrogen (secondary N) is 1. The van der Waals surface area contributed by atoms with E-state index >= 15 is 0 Å². The molecule has 0 spiro atoms. The van der Waals surface area contributed by atoms with Crippen LogP contribution >= 0.6 is 11.6 Å². The smallest absolute Gasteiger partial charge is 0.291 e. The summed E-state index contributed by atoms with van der Waals surface area (Å²) >= 11 is 5.95. The number of benzene rings is 1. The maximum absolute atomic E-state index is 11.8. The van der Waals surface area contributed by atoms with Gasteiger partial charge in [-0.15, -0.1) is 0 Å². The average molecular weight is 251 g/mol. The van der Waals surface area contributed by atoms with Gasteiger partial charge in [0.1, 0.15) is 0 Å². The Morgan fingerprint density at radius 1 is 1.35 bits per heavy atom. The molecular weight excluding hydrogens is 240 g/mol. The van der Waals surface area contributed by atoms with Gasteiger partial charge in [0.2, 0.25) is 0 Å². The van der Waals surface area contributed by atoms with Crippen molar-refractivity contribution in [2.75, 3.05) is 11.1 Å². The van der Waals surface area contributed by atoms with E-state index in [0.29, 0.717) is 10.7 Å². The summed E-state index contributed by atoms with van der Waals surface area (Å²) < 4.78 is 5.02. The average Bonchev–Trinajstić information content (AvgIpc) is 2.72. The molecule has 0 radical (unpaired) electrons. The highest BCUT2D eigenvalue weighted by Crippen LogP contribution is 2.23. The van der Waals surface area contributed by atoms with Gasteiger partial charge < -0.3 is 15.5 Å². The van der Waals surface area contributed by atoms with Gasteiger partial charge >= 0.3 is 0 Å². The van der Waals surface area contributed by atoms with Gasteiger partial charge in [-0.25, -0.2) is 0 Å². The molecule has 3 N–H and O–H groups in total. The zero-order chi connectivity index (χ0) is 12.4. The molecule has 0 aliphatic heterocycles. The lowest BCUT2D eigenvalue weighted by molar-refractivity contribution is 0.0997. The van der Waals surface area contributed by atoms with Crippen LogP contribution in [0.5, 0.6) is 0 Å². The first-order chi connectivity index (χ1) is 8.08.